The van der Waals surface area contributed by atoms with Gasteiger partial charge in [-0.1, -0.05) is 11.6 Å². The van der Waals surface area contributed by atoms with Crippen LogP contribution in [0.5, 0.6) is 0 Å². The Balaban J connectivity index is 3.02. The van der Waals surface area contributed by atoms with Crippen molar-refractivity contribution < 1.29 is 0 Å². The van der Waals surface area contributed by atoms with Crippen LogP contribution in [0.4, 0.5) is 0 Å². The Kier molecular flexibility index (Phi) is 1.14. The normalized spacial score (nSPS) is 12.0. The summed E-state index contributed by atoms with van der Waals surface area (Å²) in [6.07, 6.45) is 0. The van der Waals surface area contributed by atoms with Gasteiger partial charge in [0.2, 0.25) is 0 Å². The summed E-state index contributed by atoms with van der Waals surface area (Å²) in [7, 11) is 0. The van der Waals surface area contributed by atoms with E-state index >= 15 is 0 Å². The number of hydrogen-bond donors (Lipinski definition) is 3. The van der Waals surface area contributed by atoms with Gasteiger partial charge in [-0.05, 0) is 0 Å². The van der Waals surface area contributed by atoms with E-state index in [0.29, 0.717) is 0 Å². The molecule has 3 nitrogen and oxygen atoms in total. The third-order valence-electron chi connectivity index (χ3n) is 0. The highest BCUT2D eigenvalue weighted by atomic mass is 35.5. The van der Waals surface area contributed by atoms with Gasteiger partial charge in [0.1, 0.15) is 0 Å². The molecule has 0 aromatic carbocycles. The zero-order valence-electron chi connectivity index (χ0n) is 2.61. The SMILES string of the molecule is NC(N)(N)Cl. The highest BCUT2D eigenvalue weighted by Gasteiger charge is 2.00. The second-order valence-electron chi connectivity index (χ2n) is 0.827. The molecule has 0 fully saturated rings. The standard InChI is InChI=1S/CH6ClN3/c2-1(3,4)5/h3-5H2. The summed E-state index contributed by atoms with van der Waals surface area (Å²) >= 11 is 4.86. The minimum Gasteiger partial charge on any atom is -0.288 e. The maximum Gasteiger partial charge on any atom is 0.195 e. The molecule has 0 saturated carbocycles. The second-order valence-corrected chi connectivity index (χ2v) is 1.48. The summed E-state index contributed by atoms with van der Waals surface area (Å²) in [6.45, 7) is 0. The molecule has 32 valence electrons. The quantitative estimate of drug-likeness (QED) is 0.199. The Labute approximate surface area is 35.1 Å². The summed E-state index contributed by atoms with van der Waals surface area (Å²) in [5, 5.41) is -1.53. The zero-order valence-corrected chi connectivity index (χ0v) is 3.37. The van der Waals surface area contributed by atoms with Crippen molar-refractivity contribution in [3.05, 3.63) is 0 Å². The minimum atomic E-state index is -1.53. The highest BCUT2D eigenvalue weighted by Crippen LogP contribution is 1.78. The van der Waals surface area contributed by atoms with E-state index in [1.165, 1.54) is 0 Å². The molecule has 0 heterocycles. The molecule has 6 N–H and O–H groups in total. The van der Waals surface area contributed by atoms with Crippen LogP contribution in [-0.2, 0) is 0 Å². The molecule has 5 heavy (non-hydrogen) atoms. The van der Waals surface area contributed by atoms with Crippen molar-refractivity contribution in [3.63, 3.8) is 0 Å². The number of alkyl halides is 1. The first-order chi connectivity index (χ1) is 2.00. The van der Waals surface area contributed by atoms with Crippen molar-refractivity contribution in [2.45, 2.75) is 5.25 Å². The fourth-order valence-electron chi connectivity index (χ4n) is 0. The Morgan fingerprint density at radius 1 is 1.20 bits per heavy atom. The van der Waals surface area contributed by atoms with Crippen LogP contribution < -0.4 is 17.2 Å². The topological polar surface area (TPSA) is 78.1 Å². The molecular formula is CH6ClN3. The molecule has 0 amide bonds. The average Bonchev–Trinajstić information content (AvgIpc) is 0.722. The lowest BCUT2D eigenvalue weighted by molar-refractivity contribution is 0.664. The molecule has 0 spiro atoms. The monoisotopic (exact) mass is 95.0 g/mol. The van der Waals surface area contributed by atoms with Crippen LogP contribution in [0.2, 0.25) is 0 Å². The predicted octanol–water partition coefficient (Wildman–Crippen LogP) is -1.29. The van der Waals surface area contributed by atoms with Crippen LogP contribution in [-0.4, -0.2) is 5.25 Å². The number of hydrogen-bond acceptors (Lipinski definition) is 3. The van der Waals surface area contributed by atoms with Gasteiger partial charge in [-0.2, -0.15) is 0 Å². The first-order valence-corrected chi connectivity index (χ1v) is 1.43. The van der Waals surface area contributed by atoms with Gasteiger partial charge in [0.05, 0.1) is 0 Å². The largest absolute Gasteiger partial charge is 0.288 e. The van der Waals surface area contributed by atoms with Crippen LogP contribution in [0.1, 0.15) is 0 Å². The molecule has 0 aromatic heterocycles. The van der Waals surface area contributed by atoms with E-state index in [-0.39, 0.29) is 0 Å². The first-order valence-electron chi connectivity index (χ1n) is 1.06. The Morgan fingerprint density at radius 3 is 1.20 bits per heavy atom. The molecule has 0 atom stereocenters. The van der Waals surface area contributed by atoms with Gasteiger partial charge in [0.15, 0.2) is 5.25 Å². The summed E-state index contributed by atoms with van der Waals surface area (Å²) in [5.41, 5.74) is 14.0. The molecule has 0 saturated heterocycles. The van der Waals surface area contributed by atoms with E-state index in [1.807, 2.05) is 0 Å². The number of halogens is 1. The van der Waals surface area contributed by atoms with Crippen molar-refractivity contribution in [1.29, 1.82) is 0 Å². The van der Waals surface area contributed by atoms with Crippen molar-refractivity contribution in [2.75, 3.05) is 0 Å². The van der Waals surface area contributed by atoms with E-state index in [9.17, 15) is 0 Å². The molecule has 0 bridgehead atoms. The van der Waals surface area contributed by atoms with Crippen LogP contribution in [0.15, 0.2) is 0 Å². The minimum absolute atomic E-state index is 1.53. The van der Waals surface area contributed by atoms with Crippen molar-refractivity contribution >= 4 is 11.6 Å². The van der Waals surface area contributed by atoms with Gasteiger partial charge < -0.3 is 0 Å². The van der Waals surface area contributed by atoms with Crippen LogP contribution >= 0.6 is 11.6 Å². The maximum absolute atomic E-state index is 4.86. The van der Waals surface area contributed by atoms with Gasteiger partial charge in [-0.15, -0.1) is 0 Å². The molecule has 0 rings (SSSR count). The van der Waals surface area contributed by atoms with Crippen LogP contribution in [0.3, 0.4) is 0 Å². The summed E-state index contributed by atoms with van der Waals surface area (Å²) < 4.78 is 0. The molecule has 4 heteroatoms. The predicted molar refractivity (Wildman–Crippen MR) is 21.1 cm³/mol. The van der Waals surface area contributed by atoms with Crippen molar-refractivity contribution in [3.8, 4) is 0 Å². The van der Waals surface area contributed by atoms with Gasteiger partial charge in [0, 0.05) is 0 Å². The molecule has 0 aliphatic heterocycles. The highest BCUT2D eigenvalue weighted by molar-refractivity contribution is 6.22. The van der Waals surface area contributed by atoms with E-state index in [4.69, 9.17) is 11.6 Å². The molecule has 0 unspecified atom stereocenters. The van der Waals surface area contributed by atoms with Crippen LogP contribution in [0, 0.1) is 0 Å². The third-order valence-corrected chi connectivity index (χ3v) is 0. The second kappa shape index (κ2) is 1.10. The zero-order chi connectivity index (χ0) is 4.50. The van der Waals surface area contributed by atoms with E-state index in [2.05, 4.69) is 17.2 Å². The number of rotatable bonds is 0. The lowest BCUT2D eigenvalue weighted by Crippen LogP contribution is -2.52. The van der Waals surface area contributed by atoms with Crippen molar-refractivity contribution in [2.24, 2.45) is 17.2 Å². The summed E-state index contributed by atoms with van der Waals surface area (Å²) in [6, 6.07) is 0. The Hall–Kier alpha value is 0.170. The Bertz CT molecular complexity index is 22.4. The molecule has 0 aromatic rings. The molecular weight excluding hydrogens is 89.5 g/mol. The lowest BCUT2D eigenvalue weighted by Gasteiger charge is -2.03. The first kappa shape index (κ1) is 5.17. The fourth-order valence-corrected chi connectivity index (χ4v) is 0. The van der Waals surface area contributed by atoms with Gasteiger partial charge in [-0.25, -0.2) is 0 Å². The lowest BCUT2D eigenvalue weighted by atomic mass is 11.0. The maximum atomic E-state index is 4.86. The van der Waals surface area contributed by atoms with Crippen molar-refractivity contribution in [1.82, 2.24) is 0 Å². The molecule has 0 aliphatic carbocycles. The summed E-state index contributed by atoms with van der Waals surface area (Å²) in [4.78, 5) is 0. The van der Waals surface area contributed by atoms with Gasteiger partial charge in [0.25, 0.3) is 0 Å². The van der Waals surface area contributed by atoms with Crippen LogP contribution in [0.25, 0.3) is 0 Å². The van der Waals surface area contributed by atoms with E-state index in [1.54, 1.807) is 0 Å². The summed E-state index contributed by atoms with van der Waals surface area (Å²) in [5.74, 6) is 0. The Morgan fingerprint density at radius 2 is 1.20 bits per heavy atom. The van der Waals surface area contributed by atoms with E-state index < -0.39 is 5.25 Å². The fraction of sp³-hybridized carbons (Fsp3) is 1.00. The number of nitrogens with two attached hydrogens (primary N) is 3. The molecule has 0 aliphatic rings. The van der Waals surface area contributed by atoms with Gasteiger partial charge in [-0.3, -0.25) is 17.2 Å². The smallest absolute Gasteiger partial charge is 0.195 e. The van der Waals surface area contributed by atoms with E-state index in [0.717, 1.165) is 0 Å². The third kappa shape index (κ3) is 679. The molecule has 0 radical (unpaired) electrons. The average molecular weight is 95.5 g/mol. The van der Waals surface area contributed by atoms with Gasteiger partial charge >= 0.3 is 0 Å².